The van der Waals surface area contributed by atoms with Gasteiger partial charge in [-0.2, -0.15) is 0 Å². The SMILES string of the molecule is Cc1onc(-c2ccc(Br)cc2)c1C(=O)c1c[nH]c(C(=O)N[C@H](C)C2CCCCC2)c1. The molecule has 2 aromatic heterocycles. The van der Waals surface area contributed by atoms with Gasteiger partial charge in [0.25, 0.3) is 5.91 Å². The van der Waals surface area contributed by atoms with E-state index in [1.807, 2.05) is 24.3 Å². The highest BCUT2D eigenvalue weighted by Gasteiger charge is 2.26. The molecule has 0 bridgehead atoms. The van der Waals surface area contributed by atoms with E-state index in [-0.39, 0.29) is 17.7 Å². The minimum Gasteiger partial charge on any atom is -0.360 e. The molecule has 1 atom stereocenters. The molecule has 1 fully saturated rings. The van der Waals surface area contributed by atoms with Crippen molar-refractivity contribution in [3.63, 3.8) is 0 Å². The van der Waals surface area contributed by atoms with E-state index in [1.165, 1.54) is 19.3 Å². The van der Waals surface area contributed by atoms with Crippen molar-refractivity contribution in [2.24, 2.45) is 5.92 Å². The maximum atomic E-state index is 13.2. The van der Waals surface area contributed by atoms with E-state index >= 15 is 0 Å². The Morgan fingerprint density at radius 2 is 1.90 bits per heavy atom. The Kier molecular flexibility index (Phi) is 6.41. The van der Waals surface area contributed by atoms with Crippen LogP contribution in [-0.4, -0.2) is 27.9 Å². The normalized spacial score (nSPS) is 15.6. The van der Waals surface area contributed by atoms with Crippen LogP contribution in [0.25, 0.3) is 11.3 Å². The number of nitrogens with one attached hydrogen (secondary N) is 2. The van der Waals surface area contributed by atoms with Crippen molar-refractivity contribution in [3.05, 3.63) is 63.6 Å². The molecule has 31 heavy (non-hydrogen) atoms. The molecule has 6 nitrogen and oxygen atoms in total. The monoisotopic (exact) mass is 483 g/mol. The predicted molar refractivity (Wildman–Crippen MR) is 122 cm³/mol. The highest BCUT2D eigenvalue weighted by molar-refractivity contribution is 9.10. The first-order valence-electron chi connectivity index (χ1n) is 10.7. The fourth-order valence-electron chi connectivity index (χ4n) is 4.28. The lowest BCUT2D eigenvalue weighted by Gasteiger charge is -2.28. The number of carbonyl (C=O) groups excluding carboxylic acids is 2. The van der Waals surface area contributed by atoms with Crippen molar-refractivity contribution < 1.29 is 14.1 Å². The van der Waals surface area contributed by atoms with Crippen LogP contribution in [-0.2, 0) is 0 Å². The Hall–Kier alpha value is -2.67. The first kappa shape index (κ1) is 21.6. The van der Waals surface area contributed by atoms with E-state index in [0.29, 0.717) is 34.2 Å². The van der Waals surface area contributed by atoms with Crippen LogP contribution >= 0.6 is 15.9 Å². The Bertz CT molecular complexity index is 1080. The van der Waals surface area contributed by atoms with Gasteiger partial charge in [-0.15, -0.1) is 0 Å². The van der Waals surface area contributed by atoms with Gasteiger partial charge in [-0.05, 0) is 50.8 Å². The molecular formula is C24H26BrN3O3. The Labute approximate surface area is 189 Å². The number of aromatic amines is 1. The van der Waals surface area contributed by atoms with Gasteiger partial charge in [0.15, 0.2) is 5.78 Å². The molecule has 1 aromatic carbocycles. The third-order valence-electron chi connectivity index (χ3n) is 6.11. The standard InChI is InChI=1S/C24H26BrN3O3/c1-14(16-6-4-3-5-7-16)27-24(30)20-12-18(13-26-20)23(29)21-15(2)31-28-22(21)17-8-10-19(25)11-9-17/h8-14,16,26H,3-7H2,1-2H3,(H,27,30)/t14-/m1/s1. The summed E-state index contributed by atoms with van der Waals surface area (Å²) in [5.41, 5.74) is 2.47. The number of benzene rings is 1. The molecule has 4 rings (SSSR count). The first-order valence-corrected chi connectivity index (χ1v) is 11.5. The second-order valence-corrected chi connectivity index (χ2v) is 9.18. The number of H-pyrrole nitrogens is 1. The van der Waals surface area contributed by atoms with Crippen molar-refractivity contribution in [3.8, 4) is 11.3 Å². The van der Waals surface area contributed by atoms with Crippen LogP contribution in [0.2, 0.25) is 0 Å². The zero-order valence-corrected chi connectivity index (χ0v) is 19.3. The third kappa shape index (κ3) is 4.66. The van der Waals surface area contributed by atoms with Crippen LogP contribution in [0.1, 0.15) is 71.2 Å². The molecule has 162 valence electrons. The van der Waals surface area contributed by atoms with Crippen molar-refractivity contribution in [2.75, 3.05) is 0 Å². The smallest absolute Gasteiger partial charge is 0.267 e. The summed E-state index contributed by atoms with van der Waals surface area (Å²) < 4.78 is 6.26. The Balaban J connectivity index is 1.52. The van der Waals surface area contributed by atoms with Crippen molar-refractivity contribution >= 4 is 27.6 Å². The third-order valence-corrected chi connectivity index (χ3v) is 6.64. The van der Waals surface area contributed by atoms with Gasteiger partial charge in [0.05, 0.1) is 5.56 Å². The largest absolute Gasteiger partial charge is 0.360 e. The molecule has 2 N–H and O–H groups in total. The number of nitrogens with zero attached hydrogens (tertiary/aromatic N) is 1. The number of ketones is 1. The highest BCUT2D eigenvalue weighted by Crippen LogP contribution is 2.29. The van der Waals surface area contributed by atoms with Gasteiger partial charge in [0, 0.05) is 27.8 Å². The maximum Gasteiger partial charge on any atom is 0.267 e. The molecule has 1 aliphatic carbocycles. The second-order valence-electron chi connectivity index (χ2n) is 8.26. The van der Waals surface area contributed by atoms with Gasteiger partial charge in [-0.3, -0.25) is 9.59 Å². The minimum absolute atomic E-state index is 0.111. The summed E-state index contributed by atoms with van der Waals surface area (Å²) in [4.78, 5) is 28.9. The number of amides is 1. The van der Waals surface area contributed by atoms with E-state index < -0.39 is 0 Å². The van der Waals surface area contributed by atoms with Crippen LogP contribution in [0.3, 0.4) is 0 Å². The number of hydrogen-bond donors (Lipinski definition) is 2. The topological polar surface area (TPSA) is 88.0 Å². The Morgan fingerprint density at radius 3 is 2.61 bits per heavy atom. The summed E-state index contributed by atoms with van der Waals surface area (Å²) in [5, 5.41) is 7.18. The summed E-state index contributed by atoms with van der Waals surface area (Å²) in [6, 6.07) is 9.24. The van der Waals surface area contributed by atoms with Crippen LogP contribution in [0.4, 0.5) is 0 Å². The molecule has 0 unspecified atom stereocenters. The molecule has 1 saturated carbocycles. The predicted octanol–water partition coefficient (Wildman–Crippen LogP) is 5.67. The summed E-state index contributed by atoms with van der Waals surface area (Å²) in [6.07, 6.45) is 7.61. The van der Waals surface area contributed by atoms with Crippen LogP contribution in [0, 0.1) is 12.8 Å². The number of halogens is 1. The van der Waals surface area contributed by atoms with Gasteiger partial charge in [0.2, 0.25) is 0 Å². The maximum absolute atomic E-state index is 13.2. The molecule has 0 radical (unpaired) electrons. The van der Waals surface area contributed by atoms with E-state index in [0.717, 1.165) is 22.9 Å². The van der Waals surface area contributed by atoms with E-state index in [9.17, 15) is 9.59 Å². The molecular weight excluding hydrogens is 458 g/mol. The quantitative estimate of drug-likeness (QED) is 0.442. The van der Waals surface area contributed by atoms with Gasteiger partial charge < -0.3 is 14.8 Å². The van der Waals surface area contributed by atoms with Gasteiger partial charge in [-0.25, -0.2) is 0 Å². The van der Waals surface area contributed by atoms with Crippen LogP contribution in [0.15, 0.2) is 45.5 Å². The number of rotatable bonds is 6. The fourth-order valence-corrected chi connectivity index (χ4v) is 4.55. The molecule has 7 heteroatoms. The van der Waals surface area contributed by atoms with Gasteiger partial charge >= 0.3 is 0 Å². The molecule has 2 heterocycles. The van der Waals surface area contributed by atoms with E-state index in [2.05, 4.69) is 38.3 Å². The van der Waals surface area contributed by atoms with E-state index in [4.69, 9.17) is 4.52 Å². The fraction of sp³-hybridized carbons (Fsp3) is 0.375. The number of aromatic nitrogens is 2. The first-order chi connectivity index (χ1) is 14.9. The molecule has 1 amide bonds. The Morgan fingerprint density at radius 1 is 1.19 bits per heavy atom. The molecule has 0 aliphatic heterocycles. The molecule has 0 spiro atoms. The minimum atomic E-state index is -0.229. The van der Waals surface area contributed by atoms with Gasteiger partial charge in [-0.1, -0.05) is 52.5 Å². The van der Waals surface area contributed by atoms with Gasteiger partial charge in [0.1, 0.15) is 17.1 Å². The molecule has 1 aliphatic rings. The van der Waals surface area contributed by atoms with E-state index in [1.54, 1.807) is 19.2 Å². The number of aryl methyl sites for hydroxylation is 1. The number of hydrogen-bond acceptors (Lipinski definition) is 4. The van der Waals surface area contributed by atoms with Crippen molar-refractivity contribution in [1.29, 1.82) is 0 Å². The lowest BCUT2D eigenvalue weighted by molar-refractivity contribution is 0.0914. The molecule has 0 saturated heterocycles. The van der Waals surface area contributed by atoms with Crippen LogP contribution < -0.4 is 5.32 Å². The highest BCUT2D eigenvalue weighted by atomic mass is 79.9. The lowest BCUT2D eigenvalue weighted by atomic mass is 9.84. The lowest BCUT2D eigenvalue weighted by Crippen LogP contribution is -2.39. The van der Waals surface area contributed by atoms with Crippen molar-refractivity contribution in [2.45, 2.75) is 52.0 Å². The molecule has 3 aromatic rings. The zero-order chi connectivity index (χ0) is 22.0. The van der Waals surface area contributed by atoms with Crippen molar-refractivity contribution in [1.82, 2.24) is 15.5 Å². The summed E-state index contributed by atoms with van der Waals surface area (Å²) >= 11 is 3.41. The number of carbonyl (C=O) groups is 2. The van der Waals surface area contributed by atoms with Crippen LogP contribution in [0.5, 0.6) is 0 Å². The zero-order valence-electron chi connectivity index (χ0n) is 17.7. The second kappa shape index (κ2) is 9.22. The summed E-state index contributed by atoms with van der Waals surface area (Å²) in [6.45, 7) is 3.78. The average molecular weight is 484 g/mol. The summed E-state index contributed by atoms with van der Waals surface area (Å²) in [5.74, 6) is 0.544. The summed E-state index contributed by atoms with van der Waals surface area (Å²) in [7, 11) is 0. The average Bonchev–Trinajstić information content (AvgIpc) is 3.42.